The summed E-state index contributed by atoms with van der Waals surface area (Å²) in [5.41, 5.74) is 2.37. The zero-order valence-electron chi connectivity index (χ0n) is 13.0. The number of nitrogens with one attached hydrogen (secondary N) is 2. The van der Waals surface area contributed by atoms with Gasteiger partial charge in [-0.05, 0) is 47.1 Å². The number of hydrogen-bond donors (Lipinski definition) is 2. The van der Waals surface area contributed by atoms with E-state index in [2.05, 4.69) is 21.7 Å². The maximum absolute atomic E-state index is 11.9. The molecule has 24 heavy (non-hydrogen) atoms. The lowest BCUT2D eigenvalue weighted by Crippen LogP contribution is -2.48. The fourth-order valence-electron chi connectivity index (χ4n) is 2.85. The Kier molecular flexibility index (Phi) is 3.51. The highest BCUT2D eigenvalue weighted by Crippen LogP contribution is 2.28. The van der Waals surface area contributed by atoms with E-state index in [-0.39, 0.29) is 18.0 Å². The van der Waals surface area contributed by atoms with Crippen LogP contribution >= 0.6 is 0 Å². The van der Waals surface area contributed by atoms with Crippen molar-refractivity contribution >= 4 is 18.2 Å². The smallest absolute Gasteiger partial charge is 0.224 e. The van der Waals surface area contributed by atoms with Gasteiger partial charge in [0.25, 0.3) is 0 Å². The zero-order valence-corrected chi connectivity index (χ0v) is 13.0. The predicted octanol–water partition coefficient (Wildman–Crippen LogP) is 0.594. The number of pyridine rings is 1. The molecule has 0 saturated heterocycles. The molecule has 1 aliphatic heterocycles. The SMILES string of the molecule is N#Cc1ccncc1-c1ccc2c(c1)=CNC(NC(=O)C1CC1)C=2. The molecular weight excluding hydrogens is 300 g/mol. The Morgan fingerprint density at radius 1 is 1.29 bits per heavy atom. The Morgan fingerprint density at radius 3 is 2.96 bits per heavy atom. The Hall–Kier alpha value is -3.13. The maximum atomic E-state index is 11.9. The summed E-state index contributed by atoms with van der Waals surface area (Å²) in [6.45, 7) is 0. The Balaban J connectivity index is 1.65. The number of carbonyl (C=O) groups is 1. The normalized spacial score (nSPS) is 18.2. The van der Waals surface area contributed by atoms with Gasteiger partial charge in [-0.1, -0.05) is 12.1 Å². The number of nitriles is 1. The van der Waals surface area contributed by atoms with Crippen molar-refractivity contribution in [1.29, 1.82) is 5.26 Å². The van der Waals surface area contributed by atoms with Gasteiger partial charge in [-0.15, -0.1) is 0 Å². The minimum absolute atomic E-state index is 0.117. The van der Waals surface area contributed by atoms with Gasteiger partial charge in [-0.25, -0.2) is 0 Å². The molecule has 1 aliphatic carbocycles. The van der Waals surface area contributed by atoms with Crippen molar-refractivity contribution in [2.45, 2.75) is 19.0 Å². The molecule has 2 N–H and O–H groups in total. The van der Waals surface area contributed by atoms with E-state index in [4.69, 9.17) is 0 Å². The molecule has 1 unspecified atom stereocenters. The Labute approximate surface area is 139 Å². The first-order chi connectivity index (χ1) is 11.7. The molecule has 118 valence electrons. The number of aromatic nitrogens is 1. The standard InChI is InChI=1S/C19H16N4O/c20-9-15-5-6-21-11-17(15)14-4-3-13-8-18(22-10-16(13)7-14)23-19(24)12-1-2-12/h3-8,10-12,18,22H,1-2H2,(H,23,24). The monoisotopic (exact) mass is 316 g/mol. The molecule has 1 atom stereocenters. The largest absolute Gasteiger partial charge is 0.368 e. The molecule has 0 spiro atoms. The molecular formula is C19H16N4O. The number of fused-ring (bicyclic) bond motifs is 1. The number of rotatable bonds is 3. The van der Waals surface area contributed by atoms with Gasteiger partial charge in [0, 0.05) is 30.1 Å². The molecule has 2 aliphatic rings. The second-order valence-electron chi connectivity index (χ2n) is 6.11. The van der Waals surface area contributed by atoms with Crippen molar-refractivity contribution < 1.29 is 4.79 Å². The molecule has 0 bridgehead atoms. The van der Waals surface area contributed by atoms with Gasteiger partial charge in [0.1, 0.15) is 6.17 Å². The van der Waals surface area contributed by atoms with E-state index in [0.29, 0.717) is 5.56 Å². The van der Waals surface area contributed by atoms with Crippen molar-refractivity contribution in [3.63, 3.8) is 0 Å². The van der Waals surface area contributed by atoms with Gasteiger partial charge in [0.15, 0.2) is 0 Å². The quantitative estimate of drug-likeness (QED) is 0.869. The minimum atomic E-state index is -0.176. The molecule has 2 aromatic rings. The molecule has 0 radical (unpaired) electrons. The van der Waals surface area contributed by atoms with Gasteiger partial charge in [0.05, 0.1) is 11.6 Å². The van der Waals surface area contributed by atoms with Crippen LogP contribution in [-0.2, 0) is 4.79 Å². The van der Waals surface area contributed by atoms with Crippen LogP contribution in [-0.4, -0.2) is 17.1 Å². The summed E-state index contributed by atoms with van der Waals surface area (Å²) in [6.07, 6.45) is 9.05. The van der Waals surface area contributed by atoms with Crippen molar-refractivity contribution in [3.8, 4) is 17.2 Å². The minimum Gasteiger partial charge on any atom is -0.368 e. The predicted molar refractivity (Wildman–Crippen MR) is 90.4 cm³/mol. The van der Waals surface area contributed by atoms with Crippen LogP contribution in [0.25, 0.3) is 23.4 Å². The summed E-state index contributed by atoms with van der Waals surface area (Å²) in [4.78, 5) is 16.0. The number of nitrogens with zero attached hydrogens (tertiary/aromatic N) is 2. The zero-order chi connectivity index (χ0) is 16.5. The van der Waals surface area contributed by atoms with E-state index < -0.39 is 0 Å². The topological polar surface area (TPSA) is 77.8 Å². The highest BCUT2D eigenvalue weighted by Gasteiger charge is 2.30. The molecule has 5 heteroatoms. The molecule has 4 rings (SSSR count). The van der Waals surface area contributed by atoms with Crippen LogP contribution in [0, 0.1) is 17.2 Å². The first-order valence-electron chi connectivity index (χ1n) is 7.97. The van der Waals surface area contributed by atoms with Crippen molar-refractivity contribution in [2.24, 2.45) is 5.92 Å². The highest BCUT2D eigenvalue weighted by molar-refractivity contribution is 5.82. The molecule has 2 heterocycles. The van der Waals surface area contributed by atoms with Crippen LogP contribution in [0.15, 0.2) is 36.7 Å². The van der Waals surface area contributed by atoms with E-state index in [1.807, 2.05) is 30.5 Å². The summed E-state index contributed by atoms with van der Waals surface area (Å²) in [5.74, 6) is 0.310. The third-order valence-electron chi connectivity index (χ3n) is 4.35. The summed E-state index contributed by atoms with van der Waals surface area (Å²) in [5, 5.41) is 17.5. The average molecular weight is 316 g/mol. The summed E-state index contributed by atoms with van der Waals surface area (Å²) < 4.78 is 0. The fraction of sp³-hybridized carbons (Fsp3) is 0.211. The van der Waals surface area contributed by atoms with Gasteiger partial charge in [0.2, 0.25) is 5.91 Å². The second kappa shape index (κ2) is 5.82. The average Bonchev–Trinajstić information content (AvgIpc) is 3.46. The molecule has 1 saturated carbocycles. The van der Waals surface area contributed by atoms with Gasteiger partial charge in [-0.3, -0.25) is 9.78 Å². The number of amides is 1. The summed E-state index contributed by atoms with van der Waals surface area (Å²) in [6, 6.07) is 9.92. The van der Waals surface area contributed by atoms with Crippen LogP contribution in [0.3, 0.4) is 0 Å². The van der Waals surface area contributed by atoms with E-state index in [9.17, 15) is 10.1 Å². The van der Waals surface area contributed by atoms with E-state index in [0.717, 1.165) is 34.4 Å². The summed E-state index contributed by atoms with van der Waals surface area (Å²) >= 11 is 0. The molecule has 5 nitrogen and oxygen atoms in total. The lowest BCUT2D eigenvalue weighted by Gasteiger charge is -2.18. The first-order valence-corrected chi connectivity index (χ1v) is 7.97. The molecule has 1 fully saturated rings. The number of carbonyl (C=O) groups excluding carboxylic acids is 1. The van der Waals surface area contributed by atoms with Crippen molar-refractivity contribution in [3.05, 3.63) is 52.7 Å². The van der Waals surface area contributed by atoms with Crippen LogP contribution < -0.4 is 21.1 Å². The van der Waals surface area contributed by atoms with Crippen LogP contribution in [0.1, 0.15) is 18.4 Å². The molecule has 1 aromatic heterocycles. The van der Waals surface area contributed by atoms with Crippen molar-refractivity contribution in [2.75, 3.05) is 0 Å². The van der Waals surface area contributed by atoms with Crippen LogP contribution in [0.5, 0.6) is 0 Å². The van der Waals surface area contributed by atoms with E-state index >= 15 is 0 Å². The maximum Gasteiger partial charge on any atom is 0.224 e. The lowest BCUT2D eigenvalue weighted by atomic mass is 10.0. The molecule has 1 amide bonds. The third kappa shape index (κ3) is 2.74. The number of hydrogen-bond acceptors (Lipinski definition) is 4. The van der Waals surface area contributed by atoms with Gasteiger partial charge < -0.3 is 10.6 Å². The number of benzene rings is 1. The lowest BCUT2D eigenvalue weighted by molar-refractivity contribution is -0.122. The van der Waals surface area contributed by atoms with Crippen LogP contribution in [0.4, 0.5) is 0 Å². The van der Waals surface area contributed by atoms with E-state index in [1.54, 1.807) is 18.5 Å². The van der Waals surface area contributed by atoms with Crippen LogP contribution in [0.2, 0.25) is 0 Å². The Morgan fingerprint density at radius 2 is 2.17 bits per heavy atom. The van der Waals surface area contributed by atoms with Crippen molar-refractivity contribution in [1.82, 2.24) is 15.6 Å². The molecule has 1 aromatic carbocycles. The van der Waals surface area contributed by atoms with Gasteiger partial charge >= 0.3 is 0 Å². The summed E-state index contributed by atoms with van der Waals surface area (Å²) in [7, 11) is 0. The first kappa shape index (κ1) is 14.5. The van der Waals surface area contributed by atoms with E-state index in [1.165, 1.54) is 0 Å². The second-order valence-corrected chi connectivity index (χ2v) is 6.11. The highest BCUT2D eigenvalue weighted by atomic mass is 16.2. The van der Waals surface area contributed by atoms with Gasteiger partial charge in [-0.2, -0.15) is 5.26 Å². The third-order valence-corrected chi connectivity index (χ3v) is 4.35. The Bertz CT molecular complexity index is 970. The fourth-order valence-corrected chi connectivity index (χ4v) is 2.85.